The van der Waals surface area contributed by atoms with Crippen LogP contribution in [0.4, 0.5) is 0 Å². The van der Waals surface area contributed by atoms with Crippen molar-refractivity contribution in [3.8, 4) is 0 Å². The summed E-state index contributed by atoms with van der Waals surface area (Å²) < 4.78 is 0. The van der Waals surface area contributed by atoms with Gasteiger partial charge >= 0.3 is 0 Å². The lowest BCUT2D eigenvalue weighted by atomic mass is 9.92. The summed E-state index contributed by atoms with van der Waals surface area (Å²) in [5.41, 5.74) is 6.10. The van der Waals surface area contributed by atoms with Gasteiger partial charge in [0, 0.05) is 12.0 Å². The van der Waals surface area contributed by atoms with Crippen molar-refractivity contribution in [2.75, 3.05) is 0 Å². The van der Waals surface area contributed by atoms with Gasteiger partial charge in [-0.2, -0.15) is 0 Å². The number of halogens is 3. The molecule has 0 aliphatic rings. The molecule has 114 valence electrons. The van der Waals surface area contributed by atoms with E-state index in [1.54, 1.807) is 12.1 Å². The number of nitrogens with one attached hydrogen (secondary N) is 1. The van der Waals surface area contributed by atoms with Crippen molar-refractivity contribution in [2.24, 2.45) is 11.7 Å². The average molecular weight is 340 g/mol. The van der Waals surface area contributed by atoms with E-state index in [9.17, 15) is 4.79 Å². The van der Waals surface area contributed by atoms with Gasteiger partial charge in [0.2, 0.25) is 5.91 Å². The second-order valence-corrected chi connectivity index (χ2v) is 6.21. The van der Waals surface area contributed by atoms with Crippen LogP contribution in [0.2, 0.25) is 10.0 Å². The van der Waals surface area contributed by atoms with E-state index in [4.69, 9.17) is 28.9 Å². The highest BCUT2D eigenvalue weighted by molar-refractivity contribution is 6.42. The molecule has 0 saturated heterocycles. The minimum atomic E-state index is -0.533. The Kier molecular flexibility index (Phi) is 7.33. The highest BCUT2D eigenvalue weighted by Crippen LogP contribution is 2.28. The van der Waals surface area contributed by atoms with E-state index in [1.165, 1.54) is 0 Å². The molecule has 20 heavy (non-hydrogen) atoms. The summed E-state index contributed by atoms with van der Waals surface area (Å²) in [4.78, 5) is 12.1. The van der Waals surface area contributed by atoms with Crippen molar-refractivity contribution in [3.63, 3.8) is 0 Å². The second-order valence-electron chi connectivity index (χ2n) is 5.39. The Labute approximate surface area is 136 Å². The standard InChI is InChI=1S/C14H20Cl2N2O.ClH/c1-8(9(2)17)13(19)18-14(3,4)10-5-6-11(15)12(16)7-10;/h5-9H,17H2,1-4H3,(H,18,19);1H. The van der Waals surface area contributed by atoms with E-state index in [2.05, 4.69) is 5.32 Å². The quantitative estimate of drug-likeness (QED) is 0.877. The molecular weight excluding hydrogens is 319 g/mol. The van der Waals surface area contributed by atoms with Crippen LogP contribution in [0.1, 0.15) is 33.3 Å². The summed E-state index contributed by atoms with van der Waals surface area (Å²) in [6.45, 7) is 7.46. The summed E-state index contributed by atoms with van der Waals surface area (Å²) >= 11 is 11.9. The molecule has 0 radical (unpaired) electrons. The van der Waals surface area contributed by atoms with E-state index < -0.39 is 5.54 Å². The van der Waals surface area contributed by atoms with E-state index in [-0.39, 0.29) is 30.3 Å². The predicted molar refractivity (Wildman–Crippen MR) is 87.7 cm³/mol. The molecular formula is C14H21Cl3N2O. The first-order valence-corrected chi connectivity index (χ1v) is 6.94. The number of hydrogen-bond acceptors (Lipinski definition) is 2. The zero-order valence-electron chi connectivity index (χ0n) is 12.0. The SMILES string of the molecule is CC(N)C(C)C(=O)NC(C)(C)c1ccc(Cl)c(Cl)c1.Cl. The third-order valence-electron chi connectivity index (χ3n) is 3.28. The normalized spacial score (nSPS) is 14.2. The molecule has 0 aromatic heterocycles. The van der Waals surface area contributed by atoms with Gasteiger partial charge in [-0.25, -0.2) is 0 Å². The topological polar surface area (TPSA) is 55.1 Å². The minimum absolute atomic E-state index is 0. The van der Waals surface area contributed by atoms with E-state index >= 15 is 0 Å². The lowest BCUT2D eigenvalue weighted by molar-refractivity contribution is -0.126. The van der Waals surface area contributed by atoms with Crippen LogP contribution in [-0.2, 0) is 10.3 Å². The van der Waals surface area contributed by atoms with Crippen LogP contribution < -0.4 is 11.1 Å². The van der Waals surface area contributed by atoms with Crippen molar-refractivity contribution in [1.29, 1.82) is 0 Å². The lowest BCUT2D eigenvalue weighted by Gasteiger charge is -2.29. The third-order valence-corrected chi connectivity index (χ3v) is 4.02. The van der Waals surface area contributed by atoms with Crippen molar-refractivity contribution < 1.29 is 4.79 Å². The van der Waals surface area contributed by atoms with Crippen molar-refractivity contribution in [3.05, 3.63) is 33.8 Å². The first-order chi connectivity index (χ1) is 8.65. The van der Waals surface area contributed by atoms with E-state index in [0.29, 0.717) is 10.0 Å². The molecule has 0 aliphatic heterocycles. The first-order valence-electron chi connectivity index (χ1n) is 6.18. The molecule has 0 fully saturated rings. The molecule has 1 aromatic rings. The van der Waals surface area contributed by atoms with Gasteiger partial charge in [-0.15, -0.1) is 12.4 Å². The fraction of sp³-hybridized carbons (Fsp3) is 0.500. The maximum absolute atomic E-state index is 12.1. The van der Waals surface area contributed by atoms with Crippen molar-refractivity contribution in [1.82, 2.24) is 5.32 Å². The molecule has 0 aliphatic carbocycles. The molecule has 2 unspecified atom stereocenters. The molecule has 0 saturated carbocycles. The first kappa shape index (κ1) is 19.5. The van der Waals surface area contributed by atoms with Crippen LogP contribution in [0.3, 0.4) is 0 Å². The van der Waals surface area contributed by atoms with Gasteiger partial charge in [0.1, 0.15) is 0 Å². The molecule has 0 spiro atoms. The maximum Gasteiger partial charge on any atom is 0.225 e. The Balaban J connectivity index is 0.00000361. The fourth-order valence-corrected chi connectivity index (χ4v) is 1.92. The molecule has 1 rings (SSSR count). The summed E-state index contributed by atoms with van der Waals surface area (Å²) in [5.74, 6) is -0.326. The molecule has 0 heterocycles. The Morgan fingerprint density at radius 3 is 2.25 bits per heavy atom. The molecule has 1 amide bonds. The van der Waals surface area contributed by atoms with Gasteiger partial charge in [-0.05, 0) is 38.5 Å². The van der Waals surface area contributed by atoms with Crippen LogP contribution in [0.15, 0.2) is 18.2 Å². The van der Waals surface area contributed by atoms with Gasteiger partial charge in [0.05, 0.1) is 15.6 Å². The van der Waals surface area contributed by atoms with Gasteiger partial charge in [0.15, 0.2) is 0 Å². The smallest absolute Gasteiger partial charge is 0.225 e. The highest BCUT2D eigenvalue weighted by Gasteiger charge is 2.27. The van der Waals surface area contributed by atoms with Gasteiger partial charge in [-0.3, -0.25) is 4.79 Å². The molecule has 1 aromatic carbocycles. The molecule has 3 N–H and O–H groups in total. The Bertz CT molecular complexity index is 475. The van der Waals surface area contributed by atoms with Gasteiger partial charge < -0.3 is 11.1 Å². The van der Waals surface area contributed by atoms with E-state index in [0.717, 1.165) is 5.56 Å². The monoisotopic (exact) mass is 338 g/mol. The maximum atomic E-state index is 12.1. The van der Waals surface area contributed by atoms with Gasteiger partial charge in [0.25, 0.3) is 0 Å². The zero-order valence-corrected chi connectivity index (χ0v) is 14.4. The van der Waals surface area contributed by atoms with Gasteiger partial charge in [-0.1, -0.05) is 36.2 Å². The highest BCUT2D eigenvalue weighted by atomic mass is 35.5. The Morgan fingerprint density at radius 2 is 1.80 bits per heavy atom. The van der Waals surface area contributed by atoms with Crippen molar-refractivity contribution in [2.45, 2.75) is 39.3 Å². The van der Waals surface area contributed by atoms with Crippen LogP contribution in [0.5, 0.6) is 0 Å². The average Bonchev–Trinajstić information content (AvgIpc) is 2.30. The molecule has 0 bridgehead atoms. The minimum Gasteiger partial charge on any atom is -0.347 e. The predicted octanol–water partition coefficient (Wildman–Crippen LogP) is 3.75. The summed E-state index contributed by atoms with van der Waals surface area (Å²) in [5, 5.41) is 3.95. The molecule has 2 atom stereocenters. The Morgan fingerprint density at radius 1 is 1.25 bits per heavy atom. The summed E-state index contributed by atoms with van der Waals surface area (Å²) in [7, 11) is 0. The van der Waals surface area contributed by atoms with Crippen LogP contribution in [-0.4, -0.2) is 11.9 Å². The number of rotatable bonds is 4. The number of benzene rings is 1. The number of carbonyl (C=O) groups excluding carboxylic acids is 1. The third kappa shape index (κ3) is 4.81. The largest absolute Gasteiger partial charge is 0.347 e. The van der Waals surface area contributed by atoms with Crippen molar-refractivity contribution >= 4 is 41.5 Å². The van der Waals surface area contributed by atoms with Crippen LogP contribution in [0, 0.1) is 5.92 Å². The summed E-state index contributed by atoms with van der Waals surface area (Å²) in [6.07, 6.45) is 0. The number of carbonyl (C=O) groups is 1. The lowest BCUT2D eigenvalue weighted by Crippen LogP contribution is -2.47. The second kappa shape index (κ2) is 7.51. The van der Waals surface area contributed by atoms with Crippen LogP contribution in [0.25, 0.3) is 0 Å². The number of hydrogen-bond donors (Lipinski definition) is 2. The summed E-state index contributed by atoms with van der Waals surface area (Å²) in [6, 6.07) is 5.15. The molecule has 6 heteroatoms. The van der Waals surface area contributed by atoms with E-state index in [1.807, 2.05) is 33.8 Å². The number of amides is 1. The zero-order chi connectivity index (χ0) is 14.8. The molecule has 3 nitrogen and oxygen atoms in total. The number of nitrogens with two attached hydrogens (primary N) is 1. The van der Waals surface area contributed by atoms with Crippen LogP contribution >= 0.6 is 35.6 Å². The Hall–Kier alpha value is -0.480. The fourth-order valence-electron chi connectivity index (χ4n) is 1.62.